The number of nitrogens with one attached hydrogen (secondary N) is 1. The van der Waals surface area contributed by atoms with Crippen LogP contribution in [0.15, 0.2) is 0 Å². The molecule has 0 atom stereocenters. The van der Waals surface area contributed by atoms with E-state index in [1.54, 1.807) is 0 Å². The third-order valence-corrected chi connectivity index (χ3v) is 0.577. The standard InChI is InChI=1S/C4H11NO2.ClH/c6-3-1-5-2-4-7;/h5-7H,1-4H2;1H. The molecule has 0 heterocycles. The molecule has 4 heteroatoms. The molecule has 52 valence electrons. The quantitative estimate of drug-likeness (QED) is 0.440. The fourth-order valence-corrected chi connectivity index (χ4v) is 0.283. The van der Waals surface area contributed by atoms with Gasteiger partial charge < -0.3 is 15.5 Å². The van der Waals surface area contributed by atoms with E-state index in [2.05, 4.69) is 5.32 Å². The van der Waals surface area contributed by atoms with Gasteiger partial charge >= 0.3 is 0 Å². The summed E-state index contributed by atoms with van der Waals surface area (Å²) in [6.07, 6.45) is 0. The van der Waals surface area contributed by atoms with E-state index in [9.17, 15) is 0 Å². The molecular formula is C4H12ClNO2. The third kappa shape index (κ3) is 9.48. The van der Waals surface area contributed by atoms with Crippen molar-refractivity contribution in [3.63, 3.8) is 0 Å². The summed E-state index contributed by atoms with van der Waals surface area (Å²) in [5.74, 6) is 0. The molecule has 0 saturated heterocycles. The van der Waals surface area contributed by atoms with Gasteiger partial charge in [0.2, 0.25) is 0 Å². The summed E-state index contributed by atoms with van der Waals surface area (Å²) in [6.45, 7) is 1.42. The molecule has 0 aliphatic heterocycles. The predicted octanol–water partition coefficient (Wildman–Crippen LogP) is -1.02. The van der Waals surface area contributed by atoms with Crippen LogP contribution >= 0.6 is 12.4 Å². The van der Waals surface area contributed by atoms with E-state index in [-0.39, 0.29) is 25.6 Å². The number of rotatable bonds is 4. The molecule has 0 radical (unpaired) electrons. The number of hydrogen-bond donors (Lipinski definition) is 3. The van der Waals surface area contributed by atoms with Gasteiger partial charge in [-0.3, -0.25) is 0 Å². The first-order chi connectivity index (χ1) is 3.41. The van der Waals surface area contributed by atoms with Crippen molar-refractivity contribution in [2.45, 2.75) is 0 Å². The summed E-state index contributed by atoms with van der Waals surface area (Å²) in [5, 5.41) is 19.1. The highest BCUT2D eigenvalue weighted by atomic mass is 35.5. The Bertz CT molecular complexity index is 33.2. The number of hydrogen-bond acceptors (Lipinski definition) is 3. The lowest BCUT2D eigenvalue weighted by atomic mass is 10.6. The van der Waals surface area contributed by atoms with E-state index in [0.717, 1.165) is 0 Å². The zero-order valence-electron chi connectivity index (χ0n) is 4.63. The van der Waals surface area contributed by atoms with Crippen molar-refractivity contribution < 1.29 is 10.2 Å². The third-order valence-electron chi connectivity index (χ3n) is 0.577. The van der Waals surface area contributed by atoms with Gasteiger partial charge in [0.1, 0.15) is 0 Å². The Morgan fingerprint density at radius 2 is 1.38 bits per heavy atom. The van der Waals surface area contributed by atoms with E-state index in [1.165, 1.54) is 0 Å². The Labute approximate surface area is 55.1 Å². The average molecular weight is 142 g/mol. The Kier molecular flexibility index (Phi) is 14.1. The molecule has 0 spiro atoms. The Hall–Kier alpha value is 0.170. The van der Waals surface area contributed by atoms with Crippen molar-refractivity contribution in [3.8, 4) is 0 Å². The number of aliphatic hydroxyl groups is 2. The summed E-state index contributed by atoms with van der Waals surface area (Å²) in [7, 11) is 0. The lowest BCUT2D eigenvalue weighted by Gasteiger charge is -1.94. The molecule has 0 rings (SSSR count). The van der Waals surface area contributed by atoms with E-state index < -0.39 is 0 Å². The molecule has 0 aliphatic rings. The van der Waals surface area contributed by atoms with Crippen LogP contribution in [-0.2, 0) is 0 Å². The first-order valence-corrected chi connectivity index (χ1v) is 2.34. The topological polar surface area (TPSA) is 52.5 Å². The van der Waals surface area contributed by atoms with Gasteiger partial charge in [-0.25, -0.2) is 0 Å². The molecule has 0 saturated carbocycles. The molecule has 0 aromatic carbocycles. The van der Waals surface area contributed by atoms with Gasteiger partial charge in [0.05, 0.1) is 13.2 Å². The molecular weight excluding hydrogens is 130 g/mol. The van der Waals surface area contributed by atoms with Gasteiger partial charge in [0, 0.05) is 13.1 Å². The van der Waals surface area contributed by atoms with Crippen LogP contribution in [0.1, 0.15) is 0 Å². The first kappa shape index (κ1) is 11.0. The summed E-state index contributed by atoms with van der Waals surface area (Å²) < 4.78 is 0. The fourth-order valence-electron chi connectivity index (χ4n) is 0.283. The second-order valence-electron chi connectivity index (χ2n) is 1.20. The van der Waals surface area contributed by atoms with Crippen molar-refractivity contribution in [2.75, 3.05) is 26.3 Å². The van der Waals surface area contributed by atoms with E-state index >= 15 is 0 Å². The van der Waals surface area contributed by atoms with Crippen molar-refractivity contribution in [3.05, 3.63) is 0 Å². The van der Waals surface area contributed by atoms with Gasteiger partial charge in [0.25, 0.3) is 0 Å². The van der Waals surface area contributed by atoms with Crippen LogP contribution in [0.2, 0.25) is 0 Å². The summed E-state index contributed by atoms with van der Waals surface area (Å²) in [4.78, 5) is 0. The Morgan fingerprint density at radius 1 is 1.00 bits per heavy atom. The van der Waals surface area contributed by atoms with Crippen molar-refractivity contribution in [1.29, 1.82) is 0 Å². The number of halogens is 1. The minimum Gasteiger partial charge on any atom is -0.395 e. The maximum absolute atomic E-state index is 8.15. The second-order valence-corrected chi connectivity index (χ2v) is 1.20. The molecule has 0 bridgehead atoms. The lowest BCUT2D eigenvalue weighted by Crippen LogP contribution is -2.21. The van der Waals surface area contributed by atoms with E-state index in [1.807, 2.05) is 0 Å². The largest absolute Gasteiger partial charge is 0.395 e. The maximum Gasteiger partial charge on any atom is 0.0555 e. The fraction of sp³-hybridized carbons (Fsp3) is 1.00. The molecule has 3 N–H and O–H groups in total. The monoisotopic (exact) mass is 141 g/mol. The Morgan fingerprint density at radius 3 is 1.62 bits per heavy atom. The maximum atomic E-state index is 8.15. The SMILES string of the molecule is Cl.OCCNCCO. The van der Waals surface area contributed by atoms with E-state index in [4.69, 9.17) is 10.2 Å². The van der Waals surface area contributed by atoms with Gasteiger partial charge in [-0.05, 0) is 0 Å². The molecule has 8 heavy (non-hydrogen) atoms. The smallest absolute Gasteiger partial charge is 0.0555 e. The molecule has 0 amide bonds. The van der Waals surface area contributed by atoms with Crippen LogP contribution in [0.3, 0.4) is 0 Å². The molecule has 0 aromatic heterocycles. The molecule has 0 unspecified atom stereocenters. The van der Waals surface area contributed by atoms with Gasteiger partial charge in [0.15, 0.2) is 0 Å². The highest BCUT2D eigenvalue weighted by Crippen LogP contribution is 1.54. The highest BCUT2D eigenvalue weighted by molar-refractivity contribution is 5.85. The molecule has 0 aliphatic carbocycles. The normalized spacial score (nSPS) is 8.25. The summed E-state index contributed by atoms with van der Waals surface area (Å²) in [6, 6.07) is 0. The van der Waals surface area contributed by atoms with Crippen LogP contribution in [0, 0.1) is 0 Å². The van der Waals surface area contributed by atoms with E-state index in [0.29, 0.717) is 13.1 Å². The number of aliphatic hydroxyl groups excluding tert-OH is 2. The van der Waals surface area contributed by atoms with Crippen LogP contribution < -0.4 is 5.32 Å². The van der Waals surface area contributed by atoms with Crippen LogP contribution in [0.25, 0.3) is 0 Å². The molecule has 0 fully saturated rings. The summed E-state index contributed by atoms with van der Waals surface area (Å²) in [5.41, 5.74) is 0. The summed E-state index contributed by atoms with van der Waals surface area (Å²) >= 11 is 0. The van der Waals surface area contributed by atoms with Gasteiger partial charge in [-0.1, -0.05) is 0 Å². The second kappa shape index (κ2) is 10.2. The average Bonchev–Trinajstić information content (AvgIpc) is 1.69. The Balaban J connectivity index is 0. The predicted molar refractivity (Wildman–Crippen MR) is 34.3 cm³/mol. The minimum atomic E-state index is 0. The van der Waals surface area contributed by atoms with Crippen LogP contribution in [0.4, 0.5) is 0 Å². The lowest BCUT2D eigenvalue weighted by molar-refractivity contribution is 0.267. The van der Waals surface area contributed by atoms with Crippen LogP contribution in [-0.4, -0.2) is 36.5 Å². The van der Waals surface area contributed by atoms with Gasteiger partial charge in [-0.2, -0.15) is 0 Å². The molecule has 3 nitrogen and oxygen atoms in total. The minimum absolute atomic E-state index is 0. The van der Waals surface area contributed by atoms with Crippen molar-refractivity contribution in [1.82, 2.24) is 5.32 Å². The molecule has 0 aromatic rings. The van der Waals surface area contributed by atoms with Crippen molar-refractivity contribution in [2.24, 2.45) is 0 Å². The highest BCUT2D eigenvalue weighted by Gasteiger charge is 1.78. The zero-order valence-corrected chi connectivity index (χ0v) is 5.45. The zero-order chi connectivity index (χ0) is 5.54. The van der Waals surface area contributed by atoms with Crippen molar-refractivity contribution >= 4 is 12.4 Å². The van der Waals surface area contributed by atoms with Gasteiger partial charge in [-0.15, -0.1) is 12.4 Å². The first-order valence-electron chi connectivity index (χ1n) is 2.34. The van der Waals surface area contributed by atoms with Crippen LogP contribution in [0.5, 0.6) is 0 Å².